The standard InChI is InChI=1S/C23H29N3O5/c1-15-7-4-5-12-23(15)21(29)26(22(30)25-23)13-20(28)31-14-19(27)24-18-11-6-9-16-8-2-3-10-17(16)18/h2-3,8,10,15,18H,4-7,9,11-14H2,1H3,(H,24,27)(H,25,30)/t15-,18-,23-/m1/s1. The monoisotopic (exact) mass is 427 g/mol. The van der Waals surface area contributed by atoms with Crippen LogP contribution in [0.15, 0.2) is 24.3 Å². The fourth-order valence-corrected chi connectivity index (χ4v) is 5.10. The number of urea groups is 1. The number of nitrogens with zero attached hydrogens (tertiary/aromatic N) is 1. The third-order valence-corrected chi connectivity index (χ3v) is 6.86. The smallest absolute Gasteiger partial charge is 0.326 e. The summed E-state index contributed by atoms with van der Waals surface area (Å²) in [7, 11) is 0. The van der Waals surface area contributed by atoms with E-state index < -0.39 is 36.6 Å². The Hall–Kier alpha value is -2.90. The second-order valence-electron chi connectivity index (χ2n) is 8.81. The third-order valence-electron chi connectivity index (χ3n) is 6.86. The highest BCUT2D eigenvalue weighted by atomic mass is 16.5. The average Bonchev–Trinajstić information content (AvgIpc) is 2.99. The molecule has 2 aliphatic carbocycles. The summed E-state index contributed by atoms with van der Waals surface area (Å²) in [5, 5.41) is 5.72. The molecule has 3 atom stereocenters. The van der Waals surface area contributed by atoms with Crippen LogP contribution in [0.5, 0.6) is 0 Å². The number of fused-ring (bicyclic) bond motifs is 1. The van der Waals surface area contributed by atoms with E-state index in [0.717, 1.165) is 49.0 Å². The summed E-state index contributed by atoms with van der Waals surface area (Å²) < 4.78 is 5.07. The summed E-state index contributed by atoms with van der Waals surface area (Å²) in [6, 6.07) is 7.32. The van der Waals surface area contributed by atoms with Gasteiger partial charge in [-0.3, -0.25) is 19.3 Å². The molecule has 4 amide bonds. The van der Waals surface area contributed by atoms with Gasteiger partial charge in [0.05, 0.1) is 6.04 Å². The molecule has 4 rings (SSSR count). The lowest BCUT2D eigenvalue weighted by molar-refractivity contribution is -0.151. The number of aryl methyl sites for hydroxylation is 1. The number of amides is 4. The van der Waals surface area contributed by atoms with Crippen molar-refractivity contribution in [2.75, 3.05) is 13.2 Å². The van der Waals surface area contributed by atoms with Crippen LogP contribution in [0.2, 0.25) is 0 Å². The molecule has 2 N–H and O–H groups in total. The van der Waals surface area contributed by atoms with E-state index in [1.54, 1.807) is 0 Å². The first-order valence-electron chi connectivity index (χ1n) is 11.1. The molecule has 2 fully saturated rings. The lowest BCUT2D eigenvalue weighted by atomic mass is 9.73. The average molecular weight is 428 g/mol. The van der Waals surface area contributed by atoms with Crippen LogP contribution in [0.4, 0.5) is 4.79 Å². The van der Waals surface area contributed by atoms with Crippen molar-refractivity contribution in [3.63, 3.8) is 0 Å². The van der Waals surface area contributed by atoms with E-state index in [4.69, 9.17) is 4.74 Å². The molecular weight excluding hydrogens is 398 g/mol. The van der Waals surface area contributed by atoms with Gasteiger partial charge in [-0.1, -0.05) is 44.0 Å². The predicted molar refractivity (Wildman–Crippen MR) is 112 cm³/mol. The van der Waals surface area contributed by atoms with Gasteiger partial charge in [0.15, 0.2) is 6.61 Å². The molecule has 3 aliphatic rings. The zero-order valence-electron chi connectivity index (χ0n) is 17.8. The van der Waals surface area contributed by atoms with Crippen molar-refractivity contribution in [2.24, 2.45) is 5.92 Å². The molecule has 1 aromatic carbocycles. The molecule has 1 spiro atoms. The number of carbonyl (C=O) groups excluding carboxylic acids is 4. The van der Waals surface area contributed by atoms with Crippen LogP contribution in [0, 0.1) is 5.92 Å². The van der Waals surface area contributed by atoms with Crippen LogP contribution in [0.3, 0.4) is 0 Å². The van der Waals surface area contributed by atoms with Crippen LogP contribution in [-0.4, -0.2) is 47.4 Å². The maximum absolute atomic E-state index is 12.9. The Morgan fingerprint density at radius 3 is 2.81 bits per heavy atom. The van der Waals surface area contributed by atoms with Crippen LogP contribution in [-0.2, 0) is 25.5 Å². The van der Waals surface area contributed by atoms with Gasteiger partial charge in [-0.05, 0) is 49.1 Å². The molecule has 166 valence electrons. The van der Waals surface area contributed by atoms with Gasteiger partial charge in [-0.25, -0.2) is 4.79 Å². The van der Waals surface area contributed by atoms with E-state index in [9.17, 15) is 19.2 Å². The Morgan fingerprint density at radius 2 is 2.00 bits per heavy atom. The van der Waals surface area contributed by atoms with Gasteiger partial charge in [0.1, 0.15) is 12.1 Å². The minimum Gasteiger partial charge on any atom is -0.454 e. The predicted octanol–water partition coefficient (Wildman–Crippen LogP) is 2.22. The molecule has 8 heteroatoms. The van der Waals surface area contributed by atoms with E-state index in [1.165, 1.54) is 5.56 Å². The lowest BCUT2D eigenvalue weighted by Crippen LogP contribution is -2.54. The first-order chi connectivity index (χ1) is 14.9. The molecule has 1 heterocycles. The normalized spacial score (nSPS) is 27.6. The van der Waals surface area contributed by atoms with Crippen molar-refractivity contribution < 1.29 is 23.9 Å². The molecule has 0 unspecified atom stereocenters. The highest BCUT2D eigenvalue weighted by molar-refractivity contribution is 6.09. The summed E-state index contributed by atoms with van der Waals surface area (Å²) in [5.74, 6) is -1.53. The van der Waals surface area contributed by atoms with Crippen molar-refractivity contribution in [1.82, 2.24) is 15.5 Å². The fraction of sp³-hybridized carbons (Fsp3) is 0.565. The van der Waals surface area contributed by atoms with Crippen molar-refractivity contribution in [1.29, 1.82) is 0 Å². The summed E-state index contributed by atoms with van der Waals surface area (Å²) in [6.07, 6.45) is 6.12. The zero-order chi connectivity index (χ0) is 22.0. The minimum atomic E-state index is -0.915. The maximum atomic E-state index is 12.9. The van der Waals surface area contributed by atoms with Crippen molar-refractivity contribution in [2.45, 2.75) is 63.5 Å². The molecular formula is C23H29N3O5. The molecule has 0 bridgehead atoms. The van der Waals surface area contributed by atoms with E-state index in [0.29, 0.717) is 6.42 Å². The largest absolute Gasteiger partial charge is 0.454 e. The van der Waals surface area contributed by atoms with Crippen LogP contribution in [0.25, 0.3) is 0 Å². The number of carbonyl (C=O) groups is 4. The molecule has 0 radical (unpaired) electrons. The third kappa shape index (κ3) is 4.16. The summed E-state index contributed by atoms with van der Waals surface area (Å²) in [5.41, 5.74) is 1.40. The minimum absolute atomic E-state index is 0.0165. The molecule has 1 saturated carbocycles. The molecule has 8 nitrogen and oxygen atoms in total. The number of ether oxygens (including phenoxy) is 1. The molecule has 31 heavy (non-hydrogen) atoms. The summed E-state index contributed by atoms with van der Waals surface area (Å²) in [6.45, 7) is 1.02. The Bertz CT molecular complexity index is 901. The number of rotatable bonds is 5. The molecule has 0 aromatic heterocycles. The van der Waals surface area contributed by atoms with Gasteiger partial charge in [-0.2, -0.15) is 0 Å². The molecule has 1 aromatic rings. The van der Waals surface area contributed by atoms with Crippen molar-refractivity contribution >= 4 is 23.8 Å². The first kappa shape index (κ1) is 21.3. The van der Waals surface area contributed by atoms with E-state index >= 15 is 0 Å². The maximum Gasteiger partial charge on any atom is 0.326 e. The van der Waals surface area contributed by atoms with Gasteiger partial charge < -0.3 is 15.4 Å². The lowest BCUT2D eigenvalue weighted by Gasteiger charge is -2.36. The number of nitrogens with one attached hydrogen (secondary N) is 2. The Morgan fingerprint density at radius 1 is 1.19 bits per heavy atom. The molecule has 1 aliphatic heterocycles. The SMILES string of the molecule is C[C@@H]1CCCC[C@@]12NC(=O)N(CC(=O)OCC(=O)N[C@@H]1CCCc3ccccc31)C2=O. The van der Waals surface area contributed by atoms with Gasteiger partial charge in [0.25, 0.3) is 11.8 Å². The molecule has 1 saturated heterocycles. The Labute approximate surface area is 181 Å². The number of imide groups is 1. The fourth-order valence-electron chi connectivity index (χ4n) is 5.10. The Balaban J connectivity index is 1.29. The van der Waals surface area contributed by atoms with Gasteiger partial charge in [-0.15, -0.1) is 0 Å². The van der Waals surface area contributed by atoms with Crippen molar-refractivity contribution in [3.05, 3.63) is 35.4 Å². The van der Waals surface area contributed by atoms with E-state index in [1.807, 2.05) is 25.1 Å². The van der Waals surface area contributed by atoms with Crippen molar-refractivity contribution in [3.8, 4) is 0 Å². The van der Waals surface area contributed by atoms with E-state index in [2.05, 4.69) is 16.7 Å². The van der Waals surface area contributed by atoms with Crippen LogP contribution >= 0.6 is 0 Å². The van der Waals surface area contributed by atoms with E-state index in [-0.39, 0.29) is 17.9 Å². The quantitative estimate of drug-likeness (QED) is 0.554. The van der Waals surface area contributed by atoms with Crippen LogP contribution < -0.4 is 10.6 Å². The topological polar surface area (TPSA) is 105 Å². The summed E-state index contributed by atoms with van der Waals surface area (Å²) >= 11 is 0. The number of hydrogen-bond acceptors (Lipinski definition) is 5. The second-order valence-corrected chi connectivity index (χ2v) is 8.81. The first-order valence-corrected chi connectivity index (χ1v) is 11.1. The number of esters is 1. The Kier molecular flexibility index (Phi) is 5.98. The highest BCUT2D eigenvalue weighted by Crippen LogP contribution is 2.38. The van der Waals surface area contributed by atoms with Crippen LogP contribution in [0.1, 0.15) is 62.6 Å². The second kappa shape index (κ2) is 8.69. The van der Waals surface area contributed by atoms with Gasteiger partial charge in [0, 0.05) is 0 Å². The highest BCUT2D eigenvalue weighted by Gasteiger charge is 2.55. The van der Waals surface area contributed by atoms with Gasteiger partial charge >= 0.3 is 12.0 Å². The van der Waals surface area contributed by atoms with Gasteiger partial charge in [0.2, 0.25) is 0 Å². The zero-order valence-corrected chi connectivity index (χ0v) is 17.8. The number of benzene rings is 1. The summed E-state index contributed by atoms with van der Waals surface area (Å²) in [4.78, 5) is 50.8. The number of hydrogen-bond donors (Lipinski definition) is 2.